The minimum Gasteiger partial charge on any atom is -0.272 e. The van der Waals surface area contributed by atoms with Crippen LogP contribution in [0, 0.1) is 10.1 Å². The molecular weight excluding hydrogens is 387 g/mol. The number of rotatable bonds is 4. The number of thiophene rings is 1. The highest BCUT2D eigenvalue weighted by Crippen LogP contribution is 2.34. The number of nitro groups is 1. The lowest BCUT2D eigenvalue weighted by Crippen LogP contribution is -2.06. The first-order valence-corrected chi connectivity index (χ1v) is 7.33. The lowest BCUT2D eigenvalue weighted by molar-refractivity contribution is -0.384. The van der Waals surface area contributed by atoms with Crippen molar-refractivity contribution in [3.63, 3.8) is 0 Å². The highest BCUT2D eigenvalue weighted by Gasteiger charge is 2.33. The van der Waals surface area contributed by atoms with Crippen LogP contribution in [0.2, 0.25) is 0 Å². The molecule has 0 saturated heterocycles. The largest absolute Gasteiger partial charge is 0.416 e. The fraction of sp³-hybridized carbons (Fsp3) is 0.0833. The summed E-state index contributed by atoms with van der Waals surface area (Å²) in [5, 5.41) is 16.5. The Kier molecular flexibility index (Phi) is 4.81. The van der Waals surface area contributed by atoms with E-state index in [0.717, 1.165) is 21.5 Å². The van der Waals surface area contributed by atoms with Gasteiger partial charge in [-0.1, -0.05) is 0 Å². The van der Waals surface area contributed by atoms with Gasteiger partial charge in [0.1, 0.15) is 5.69 Å². The lowest BCUT2D eigenvalue weighted by atomic mass is 10.1. The number of benzene rings is 1. The van der Waals surface area contributed by atoms with Crippen molar-refractivity contribution in [2.24, 2.45) is 5.10 Å². The zero-order chi connectivity index (χ0) is 16.3. The molecule has 1 aromatic carbocycles. The molecule has 0 bridgehead atoms. The number of anilines is 1. The molecule has 22 heavy (non-hydrogen) atoms. The molecule has 116 valence electrons. The van der Waals surface area contributed by atoms with Crippen molar-refractivity contribution >= 4 is 44.9 Å². The molecule has 1 heterocycles. The molecule has 0 aliphatic rings. The van der Waals surface area contributed by atoms with Gasteiger partial charge >= 0.3 is 6.18 Å². The van der Waals surface area contributed by atoms with Gasteiger partial charge in [0.15, 0.2) is 0 Å². The number of nitrogens with one attached hydrogen (secondary N) is 1. The summed E-state index contributed by atoms with van der Waals surface area (Å²) < 4.78 is 38.5. The van der Waals surface area contributed by atoms with E-state index in [-0.39, 0.29) is 5.69 Å². The van der Waals surface area contributed by atoms with Gasteiger partial charge in [-0.15, -0.1) is 11.3 Å². The summed E-state index contributed by atoms with van der Waals surface area (Å²) in [7, 11) is 0. The summed E-state index contributed by atoms with van der Waals surface area (Å²) in [5.74, 6) is 0. The number of nitro benzene ring substituents is 1. The van der Waals surface area contributed by atoms with Crippen LogP contribution in [-0.2, 0) is 6.18 Å². The molecule has 0 radical (unpaired) electrons. The van der Waals surface area contributed by atoms with Gasteiger partial charge < -0.3 is 0 Å². The minimum atomic E-state index is -4.64. The average molecular weight is 394 g/mol. The van der Waals surface area contributed by atoms with Gasteiger partial charge in [-0.3, -0.25) is 15.5 Å². The van der Waals surface area contributed by atoms with E-state index in [1.54, 1.807) is 6.07 Å². The molecule has 0 spiro atoms. The minimum absolute atomic E-state index is 0.120. The van der Waals surface area contributed by atoms with Crippen LogP contribution in [0.25, 0.3) is 0 Å². The molecular formula is C12H7BrF3N3O2S. The van der Waals surface area contributed by atoms with Crippen LogP contribution in [0.1, 0.15) is 10.4 Å². The van der Waals surface area contributed by atoms with Crippen LogP contribution in [0.4, 0.5) is 24.5 Å². The molecule has 0 atom stereocenters. The Morgan fingerprint density at radius 2 is 2.09 bits per heavy atom. The summed E-state index contributed by atoms with van der Waals surface area (Å²) >= 11 is 4.64. The lowest BCUT2D eigenvalue weighted by Gasteiger charge is -2.08. The van der Waals surface area contributed by atoms with Crippen molar-refractivity contribution in [3.8, 4) is 0 Å². The zero-order valence-corrected chi connectivity index (χ0v) is 13.0. The molecule has 0 fully saturated rings. The summed E-state index contributed by atoms with van der Waals surface area (Å²) in [6.07, 6.45) is -3.23. The van der Waals surface area contributed by atoms with Gasteiger partial charge in [0.25, 0.3) is 5.69 Å². The number of hydrogen-bond donors (Lipinski definition) is 1. The van der Waals surface area contributed by atoms with E-state index >= 15 is 0 Å². The van der Waals surface area contributed by atoms with Gasteiger partial charge in [0.05, 0.1) is 16.7 Å². The highest BCUT2D eigenvalue weighted by atomic mass is 79.9. The van der Waals surface area contributed by atoms with Crippen LogP contribution in [-0.4, -0.2) is 11.1 Å². The van der Waals surface area contributed by atoms with Crippen molar-refractivity contribution in [1.29, 1.82) is 0 Å². The van der Waals surface area contributed by atoms with Crippen molar-refractivity contribution in [2.75, 3.05) is 5.43 Å². The normalized spacial score (nSPS) is 11.8. The number of halogens is 4. The van der Waals surface area contributed by atoms with Gasteiger partial charge in [-0.05, 0) is 34.1 Å². The molecule has 0 aliphatic heterocycles. The van der Waals surface area contributed by atoms with Crippen LogP contribution in [0.15, 0.2) is 39.2 Å². The third-order valence-electron chi connectivity index (χ3n) is 2.49. The Labute approximate surface area is 134 Å². The molecule has 1 aromatic heterocycles. The standard InChI is InChI=1S/C12H7BrF3N3O2S/c13-8-4-9(22-6-8)5-17-18-10-2-1-7(12(14,15)16)3-11(10)19(20)21/h1-6,18H/b17-5-. The Morgan fingerprint density at radius 1 is 1.36 bits per heavy atom. The monoisotopic (exact) mass is 393 g/mol. The number of hydrogen-bond acceptors (Lipinski definition) is 5. The van der Waals surface area contributed by atoms with Crippen molar-refractivity contribution in [2.45, 2.75) is 6.18 Å². The number of nitrogens with zero attached hydrogens (tertiary/aromatic N) is 2. The van der Waals surface area contributed by atoms with E-state index in [4.69, 9.17) is 0 Å². The van der Waals surface area contributed by atoms with Crippen LogP contribution in [0.3, 0.4) is 0 Å². The molecule has 1 N–H and O–H groups in total. The molecule has 0 aliphatic carbocycles. The van der Waals surface area contributed by atoms with Crippen molar-refractivity contribution in [1.82, 2.24) is 0 Å². The third-order valence-corrected chi connectivity index (χ3v) is 4.11. The number of hydrazone groups is 1. The van der Waals surface area contributed by atoms with Crippen LogP contribution >= 0.6 is 27.3 Å². The first kappa shape index (κ1) is 16.4. The van der Waals surface area contributed by atoms with E-state index in [1.165, 1.54) is 17.6 Å². The maximum absolute atomic E-state index is 12.6. The topological polar surface area (TPSA) is 67.5 Å². The van der Waals surface area contributed by atoms with Gasteiger partial charge in [0.2, 0.25) is 0 Å². The van der Waals surface area contributed by atoms with E-state index in [2.05, 4.69) is 26.5 Å². The van der Waals surface area contributed by atoms with E-state index in [9.17, 15) is 23.3 Å². The Hall–Kier alpha value is -1.94. The van der Waals surface area contributed by atoms with E-state index in [0.29, 0.717) is 6.07 Å². The average Bonchev–Trinajstić information content (AvgIpc) is 2.83. The molecule has 10 heteroatoms. The van der Waals surface area contributed by atoms with Gasteiger partial charge in [-0.25, -0.2) is 0 Å². The maximum atomic E-state index is 12.6. The predicted octanol–water partition coefficient (Wildman–Crippen LogP) is 4.88. The second-order valence-electron chi connectivity index (χ2n) is 4.02. The highest BCUT2D eigenvalue weighted by molar-refractivity contribution is 9.10. The Balaban J connectivity index is 2.23. The fourth-order valence-corrected chi connectivity index (χ4v) is 2.82. The third kappa shape index (κ3) is 4.04. The summed E-state index contributed by atoms with van der Waals surface area (Å²) in [5.41, 5.74) is 0.480. The summed E-state index contributed by atoms with van der Waals surface area (Å²) in [4.78, 5) is 10.8. The second kappa shape index (κ2) is 6.44. The summed E-state index contributed by atoms with van der Waals surface area (Å²) in [6.45, 7) is 0. The molecule has 2 aromatic rings. The first-order chi connectivity index (χ1) is 10.3. The summed E-state index contributed by atoms with van der Waals surface area (Å²) in [6, 6.07) is 3.98. The molecule has 0 amide bonds. The van der Waals surface area contributed by atoms with Crippen molar-refractivity contribution < 1.29 is 18.1 Å². The van der Waals surface area contributed by atoms with Gasteiger partial charge in [-0.2, -0.15) is 18.3 Å². The molecule has 5 nitrogen and oxygen atoms in total. The number of alkyl halides is 3. The second-order valence-corrected chi connectivity index (χ2v) is 5.88. The fourth-order valence-electron chi connectivity index (χ4n) is 1.51. The molecule has 0 saturated carbocycles. The molecule has 2 rings (SSSR count). The van der Waals surface area contributed by atoms with Crippen LogP contribution < -0.4 is 5.43 Å². The zero-order valence-electron chi connectivity index (χ0n) is 10.6. The van der Waals surface area contributed by atoms with E-state index in [1.807, 2.05) is 5.38 Å². The Bertz CT molecular complexity index is 731. The van der Waals surface area contributed by atoms with Crippen molar-refractivity contribution in [3.05, 3.63) is 54.7 Å². The molecule has 0 unspecified atom stereocenters. The Morgan fingerprint density at radius 3 is 2.64 bits per heavy atom. The first-order valence-electron chi connectivity index (χ1n) is 5.66. The predicted molar refractivity (Wildman–Crippen MR) is 81.3 cm³/mol. The van der Waals surface area contributed by atoms with E-state index < -0.39 is 22.4 Å². The maximum Gasteiger partial charge on any atom is 0.416 e. The van der Waals surface area contributed by atoms with Crippen LogP contribution in [0.5, 0.6) is 0 Å². The smallest absolute Gasteiger partial charge is 0.272 e. The SMILES string of the molecule is O=[N+]([O-])c1cc(C(F)(F)F)ccc1N/N=C\c1cc(Br)cs1. The van der Waals surface area contributed by atoms with Gasteiger partial charge in [0, 0.05) is 20.8 Å². The quantitative estimate of drug-likeness (QED) is 0.457.